The summed E-state index contributed by atoms with van der Waals surface area (Å²) in [5, 5.41) is 3.09. The first-order valence-electron chi connectivity index (χ1n) is 8.94. The van der Waals surface area contributed by atoms with Gasteiger partial charge in [0.05, 0.1) is 11.4 Å². The lowest BCUT2D eigenvalue weighted by Gasteiger charge is -2.16. The highest BCUT2D eigenvalue weighted by Gasteiger charge is 2.20. The van der Waals surface area contributed by atoms with Gasteiger partial charge >= 0.3 is 0 Å². The molecule has 1 unspecified atom stereocenters. The molecule has 2 aromatic rings. The molecule has 0 radical (unpaired) electrons. The number of amides is 2. The monoisotopic (exact) mass is 371 g/mol. The van der Waals surface area contributed by atoms with E-state index in [1.54, 1.807) is 0 Å². The fraction of sp³-hybridized carbons (Fsp3) is 0.400. The number of anilines is 1. The Morgan fingerprint density at radius 2 is 2.00 bits per heavy atom. The van der Waals surface area contributed by atoms with Crippen molar-refractivity contribution < 1.29 is 9.59 Å². The number of nitrogens with one attached hydrogen (secondary N) is 3. The van der Waals surface area contributed by atoms with Crippen LogP contribution in [0.2, 0.25) is 0 Å². The van der Waals surface area contributed by atoms with Crippen LogP contribution in [-0.2, 0) is 17.6 Å². The van der Waals surface area contributed by atoms with Crippen molar-refractivity contribution in [2.75, 3.05) is 11.9 Å². The minimum absolute atomic E-state index is 0.0998. The summed E-state index contributed by atoms with van der Waals surface area (Å²) in [5.74, 6) is 0.134. The van der Waals surface area contributed by atoms with E-state index in [0.717, 1.165) is 24.1 Å². The topological polar surface area (TPSA) is 70.2 Å². The van der Waals surface area contributed by atoms with Crippen molar-refractivity contribution in [1.29, 1.82) is 0 Å². The SMILES string of the molecule is Cc1ccc(NCC(=O)NNC(=O)c2cc3c(s2)CCC(C)C3)c(C)c1. The Kier molecular flexibility index (Phi) is 5.61. The average Bonchev–Trinajstić information content (AvgIpc) is 3.02. The fourth-order valence-electron chi connectivity index (χ4n) is 3.24. The van der Waals surface area contributed by atoms with Gasteiger partial charge in [0.25, 0.3) is 11.8 Å². The third kappa shape index (κ3) is 4.43. The summed E-state index contributed by atoms with van der Waals surface area (Å²) < 4.78 is 0. The predicted molar refractivity (Wildman–Crippen MR) is 106 cm³/mol. The van der Waals surface area contributed by atoms with Crippen molar-refractivity contribution in [3.05, 3.63) is 50.7 Å². The predicted octanol–water partition coefficient (Wildman–Crippen LogP) is 3.36. The number of aryl methyl sites for hydroxylation is 3. The van der Waals surface area contributed by atoms with Crippen LogP contribution < -0.4 is 16.2 Å². The van der Waals surface area contributed by atoms with Gasteiger partial charge in [-0.2, -0.15) is 0 Å². The molecular weight excluding hydrogens is 346 g/mol. The van der Waals surface area contributed by atoms with Crippen LogP contribution in [0.5, 0.6) is 0 Å². The average molecular weight is 372 g/mol. The second-order valence-electron chi connectivity index (χ2n) is 7.08. The maximum atomic E-state index is 12.3. The number of benzene rings is 1. The van der Waals surface area contributed by atoms with E-state index in [9.17, 15) is 9.59 Å². The van der Waals surface area contributed by atoms with E-state index >= 15 is 0 Å². The van der Waals surface area contributed by atoms with E-state index in [0.29, 0.717) is 10.8 Å². The van der Waals surface area contributed by atoms with Gasteiger partial charge in [-0.15, -0.1) is 11.3 Å². The van der Waals surface area contributed by atoms with E-state index in [4.69, 9.17) is 0 Å². The van der Waals surface area contributed by atoms with Gasteiger partial charge in [0.15, 0.2) is 0 Å². The Morgan fingerprint density at radius 1 is 1.19 bits per heavy atom. The minimum atomic E-state index is -0.284. The molecule has 0 saturated heterocycles. The summed E-state index contributed by atoms with van der Waals surface area (Å²) in [6, 6.07) is 7.97. The first-order chi connectivity index (χ1) is 12.4. The molecule has 1 aromatic carbocycles. The van der Waals surface area contributed by atoms with Crippen molar-refractivity contribution in [2.45, 2.75) is 40.0 Å². The number of thiophene rings is 1. The molecule has 1 atom stereocenters. The Balaban J connectivity index is 1.49. The summed E-state index contributed by atoms with van der Waals surface area (Å²) >= 11 is 1.53. The molecule has 0 aliphatic heterocycles. The van der Waals surface area contributed by atoms with Crippen LogP contribution in [0.25, 0.3) is 0 Å². The maximum absolute atomic E-state index is 12.3. The van der Waals surface area contributed by atoms with E-state index in [1.807, 2.05) is 32.0 Å². The highest BCUT2D eigenvalue weighted by atomic mass is 32.1. The number of hydrogen-bond acceptors (Lipinski definition) is 4. The molecule has 0 saturated carbocycles. The maximum Gasteiger partial charge on any atom is 0.279 e. The van der Waals surface area contributed by atoms with E-state index in [-0.39, 0.29) is 18.4 Å². The second kappa shape index (κ2) is 7.91. The zero-order valence-electron chi connectivity index (χ0n) is 15.4. The fourth-order valence-corrected chi connectivity index (χ4v) is 4.34. The molecule has 1 aliphatic rings. The highest BCUT2D eigenvalue weighted by Crippen LogP contribution is 2.32. The highest BCUT2D eigenvalue weighted by molar-refractivity contribution is 7.14. The Morgan fingerprint density at radius 3 is 2.77 bits per heavy atom. The van der Waals surface area contributed by atoms with Crippen LogP contribution >= 0.6 is 11.3 Å². The van der Waals surface area contributed by atoms with E-state index in [1.165, 1.54) is 33.8 Å². The van der Waals surface area contributed by atoms with Crippen molar-refractivity contribution in [3.63, 3.8) is 0 Å². The lowest BCUT2D eigenvalue weighted by Crippen LogP contribution is -2.43. The van der Waals surface area contributed by atoms with Crippen LogP contribution in [0.15, 0.2) is 24.3 Å². The third-order valence-corrected chi connectivity index (χ3v) is 5.93. The van der Waals surface area contributed by atoms with Gasteiger partial charge in [-0.1, -0.05) is 24.6 Å². The standard InChI is InChI=1S/C20H25N3O2S/c1-12-4-6-16(14(3)8-12)21-11-19(24)22-23-20(25)18-10-15-9-13(2)5-7-17(15)26-18/h4,6,8,10,13,21H,5,7,9,11H2,1-3H3,(H,22,24)(H,23,25). The molecule has 3 rings (SSSR count). The first-order valence-corrected chi connectivity index (χ1v) is 9.76. The summed E-state index contributed by atoms with van der Waals surface area (Å²) in [5.41, 5.74) is 9.44. The molecule has 2 amide bonds. The molecule has 1 aliphatic carbocycles. The number of hydrazine groups is 1. The van der Waals surface area contributed by atoms with Gasteiger partial charge in [0.1, 0.15) is 0 Å². The van der Waals surface area contributed by atoms with Crippen molar-refractivity contribution in [3.8, 4) is 0 Å². The van der Waals surface area contributed by atoms with Gasteiger partial charge in [-0.3, -0.25) is 20.4 Å². The quantitative estimate of drug-likeness (QED) is 0.722. The summed E-state index contributed by atoms with van der Waals surface area (Å²) in [6.45, 7) is 6.36. The summed E-state index contributed by atoms with van der Waals surface area (Å²) in [4.78, 5) is 26.2. The van der Waals surface area contributed by atoms with Gasteiger partial charge in [0.2, 0.25) is 0 Å². The number of carbonyl (C=O) groups is 2. The van der Waals surface area contributed by atoms with Crippen LogP contribution in [0.4, 0.5) is 5.69 Å². The molecule has 1 aromatic heterocycles. The van der Waals surface area contributed by atoms with E-state index < -0.39 is 0 Å². The Hall–Kier alpha value is -2.34. The van der Waals surface area contributed by atoms with Crippen LogP contribution in [-0.4, -0.2) is 18.4 Å². The molecule has 26 heavy (non-hydrogen) atoms. The molecule has 3 N–H and O–H groups in total. The number of fused-ring (bicyclic) bond motifs is 1. The third-order valence-electron chi connectivity index (χ3n) is 4.69. The molecule has 0 spiro atoms. The molecule has 1 heterocycles. The largest absolute Gasteiger partial charge is 0.376 e. The van der Waals surface area contributed by atoms with Crippen molar-refractivity contribution in [1.82, 2.24) is 10.9 Å². The lowest BCUT2D eigenvalue weighted by molar-refractivity contribution is -0.120. The van der Waals surface area contributed by atoms with Crippen LogP contribution in [0.3, 0.4) is 0 Å². The number of rotatable bonds is 4. The van der Waals surface area contributed by atoms with Crippen molar-refractivity contribution in [2.24, 2.45) is 5.92 Å². The molecule has 138 valence electrons. The second-order valence-corrected chi connectivity index (χ2v) is 8.22. The Bertz CT molecular complexity index is 828. The zero-order valence-corrected chi connectivity index (χ0v) is 16.3. The molecule has 6 heteroatoms. The number of hydrogen-bond donors (Lipinski definition) is 3. The molecule has 0 bridgehead atoms. The normalized spacial score (nSPS) is 15.9. The smallest absolute Gasteiger partial charge is 0.279 e. The molecule has 0 fully saturated rings. The van der Waals surface area contributed by atoms with Crippen molar-refractivity contribution >= 4 is 28.8 Å². The Labute approximate surface area is 158 Å². The van der Waals surface area contributed by atoms with Gasteiger partial charge in [-0.25, -0.2) is 0 Å². The van der Waals surface area contributed by atoms with E-state index in [2.05, 4.69) is 29.2 Å². The van der Waals surface area contributed by atoms with Gasteiger partial charge in [0, 0.05) is 10.6 Å². The van der Waals surface area contributed by atoms with Gasteiger partial charge in [-0.05, 0) is 62.3 Å². The molecule has 5 nitrogen and oxygen atoms in total. The minimum Gasteiger partial charge on any atom is -0.376 e. The molecular formula is C20H25N3O2S. The lowest BCUT2D eigenvalue weighted by atomic mass is 9.90. The summed E-state index contributed by atoms with van der Waals surface area (Å²) in [7, 11) is 0. The zero-order chi connectivity index (χ0) is 18.7. The van der Waals surface area contributed by atoms with Gasteiger partial charge < -0.3 is 5.32 Å². The first kappa shape index (κ1) is 18.5. The van der Waals surface area contributed by atoms with Crippen LogP contribution in [0, 0.1) is 19.8 Å². The summed E-state index contributed by atoms with van der Waals surface area (Å²) in [6.07, 6.45) is 3.25. The number of carbonyl (C=O) groups excluding carboxylic acids is 2. The van der Waals surface area contributed by atoms with Crippen LogP contribution in [0.1, 0.15) is 44.6 Å².